The number of carbonyl (C=O) groups is 1. The maximum absolute atomic E-state index is 11.8. The SMILES string of the molecule is O=C1Nc2ncc(Br)cc2C2CCOC[C@@H]12. The third-order valence-electron chi connectivity index (χ3n) is 3.22. The molecule has 1 unspecified atom stereocenters. The molecule has 1 aromatic rings. The molecule has 3 heterocycles. The van der Waals surface area contributed by atoms with Crippen LogP contribution >= 0.6 is 15.9 Å². The molecular weight excluding hydrogens is 272 g/mol. The lowest BCUT2D eigenvalue weighted by Crippen LogP contribution is -2.40. The molecule has 1 amide bonds. The normalized spacial score (nSPS) is 27.9. The van der Waals surface area contributed by atoms with Crippen LogP contribution in [-0.2, 0) is 9.53 Å². The minimum absolute atomic E-state index is 0.0343. The van der Waals surface area contributed by atoms with E-state index in [4.69, 9.17) is 4.74 Å². The summed E-state index contributed by atoms with van der Waals surface area (Å²) < 4.78 is 6.31. The van der Waals surface area contributed by atoms with Crippen LogP contribution < -0.4 is 5.32 Å². The smallest absolute Gasteiger partial charge is 0.231 e. The standard InChI is InChI=1S/C11H11BrN2O2/c12-6-3-8-7-1-2-16-5-9(7)11(15)14-10(8)13-4-6/h3-4,7,9H,1-2,5H2,(H,13,14,15)/t7?,9-/m1/s1. The molecule has 1 fully saturated rings. The fourth-order valence-electron chi connectivity index (χ4n) is 2.42. The molecule has 0 aliphatic carbocycles. The largest absolute Gasteiger partial charge is 0.381 e. The molecule has 16 heavy (non-hydrogen) atoms. The number of carbonyl (C=O) groups excluding carboxylic acids is 1. The average Bonchev–Trinajstić information content (AvgIpc) is 2.31. The number of rotatable bonds is 0. The minimum atomic E-state index is -0.0580. The van der Waals surface area contributed by atoms with Crippen molar-refractivity contribution in [1.82, 2.24) is 4.98 Å². The summed E-state index contributed by atoms with van der Waals surface area (Å²) in [5, 5.41) is 2.84. The highest BCUT2D eigenvalue weighted by molar-refractivity contribution is 9.10. The fraction of sp³-hybridized carbons (Fsp3) is 0.455. The van der Waals surface area contributed by atoms with E-state index in [9.17, 15) is 4.79 Å². The zero-order valence-electron chi connectivity index (χ0n) is 8.57. The molecular formula is C11H11BrN2O2. The van der Waals surface area contributed by atoms with Crippen LogP contribution in [0.5, 0.6) is 0 Å². The van der Waals surface area contributed by atoms with Gasteiger partial charge >= 0.3 is 0 Å². The summed E-state index contributed by atoms with van der Waals surface area (Å²) in [7, 11) is 0. The Kier molecular flexibility index (Phi) is 2.44. The second kappa shape index (κ2) is 3.82. The van der Waals surface area contributed by atoms with Crippen LogP contribution in [-0.4, -0.2) is 24.1 Å². The van der Waals surface area contributed by atoms with Crippen LogP contribution in [0.2, 0.25) is 0 Å². The van der Waals surface area contributed by atoms with E-state index in [2.05, 4.69) is 26.2 Å². The number of nitrogens with one attached hydrogen (secondary N) is 1. The van der Waals surface area contributed by atoms with E-state index in [1.54, 1.807) is 6.20 Å². The fourth-order valence-corrected chi connectivity index (χ4v) is 2.77. The minimum Gasteiger partial charge on any atom is -0.381 e. The van der Waals surface area contributed by atoms with Crippen molar-refractivity contribution in [3.05, 3.63) is 22.3 Å². The summed E-state index contributed by atoms with van der Waals surface area (Å²) in [6, 6.07) is 2.05. The molecule has 0 saturated carbocycles. The Labute approximate surface area is 102 Å². The van der Waals surface area contributed by atoms with Crippen LogP contribution in [0.1, 0.15) is 17.9 Å². The molecule has 3 rings (SSSR count). The van der Waals surface area contributed by atoms with E-state index in [-0.39, 0.29) is 17.7 Å². The molecule has 1 saturated heterocycles. The number of nitrogens with zero attached hydrogens (tertiary/aromatic N) is 1. The first-order valence-electron chi connectivity index (χ1n) is 5.30. The summed E-state index contributed by atoms with van der Waals surface area (Å²) in [5.41, 5.74) is 1.13. The van der Waals surface area contributed by atoms with Gasteiger partial charge in [-0.25, -0.2) is 4.98 Å². The third-order valence-corrected chi connectivity index (χ3v) is 3.65. The van der Waals surface area contributed by atoms with E-state index in [1.807, 2.05) is 6.07 Å². The van der Waals surface area contributed by atoms with Gasteiger partial charge in [-0.15, -0.1) is 0 Å². The van der Waals surface area contributed by atoms with Gasteiger partial charge in [0, 0.05) is 28.8 Å². The number of fused-ring (bicyclic) bond motifs is 3. The van der Waals surface area contributed by atoms with E-state index in [0.717, 1.165) is 23.1 Å². The Morgan fingerprint density at radius 3 is 3.25 bits per heavy atom. The molecule has 4 nitrogen and oxygen atoms in total. The van der Waals surface area contributed by atoms with Crippen molar-refractivity contribution in [3.8, 4) is 0 Å². The molecule has 0 aromatic carbocycles. The molecule has 84 valence electrons. The van der Waals surface area contributed by atoms with E-state index in [0.29, 0.717) is 12.4 Å². The first-order valence-corrected chi connectivity index (χ1v) is 6.09. The molecule has 0 radical (unpaired) electrons. The number of aromatic nitrogens is 1. The summed E-state index contributed by atoms with van der Waals surface area (Å²) in [5.74, 6) is 0.934. The van der Waals surface area contributed by atoms with Crippen LogP contribution in [0.4, 0.5) is 5.82 Å². The number of hydrogen-bond donors (Lipinski definition) is 1. The monoisotopic (exact) mass is 282 g/mol. The topological polar surface area (TPSA) is 51.2 Å². The van der Waals surface area contributed by atoms with Gasteiger partial charge in [0.25, 0.3) is 0 Å². The number of halogens is 1. The molecule has 1 N–H and O–H groups in total. The van der Waals surface area contributed by atoms with Crippen molar-refractivity contribution < 1.29 is 9.53 Å². The Balaban J connectivity index is 2.07. The number of hydrogen-bond acceptors (Lipinski definition) is 3. The zero-order valence-corrected chi connectivity index (χ0v) is 10.2. The second-order valence-electron chi connectivity index (χ2n) is 4.16. The van der Waals surface area contributed by atoms with Crippen LogP contribution in [0.25, 0.3) is 0 Å². The number of anilines is 1. The molecule has 2 atom stereocenters. The Bertz CT molecular complexity index is 450. The van der Waals surface area contributed by atoms with Gasteiger partial charge in [0.15, 0.2) is 0 Å². The third kappa shape index (κ3) is 1.55. The van der Waals surface area contributed by atoms with Gasteiger partial charge in [0.05, 0.1) is 12.5 Å². The first-order chi connectivity index (χ1) is 7.75. The Hall–Kier alpha value is -0.940. The maximum Gasteiger partial charge on any atom is 0.231 e. The van der Waals surface area contributed by atoms with Crippen LogP contribution in [0.3, 0.4) is 0 Å². The predicted octanol–water partition coefficient (Wildman–Crippen LogP) is 1.92. The van der Waals surface area contributed by atoms with E-state index in [1.165, 1.54) is 0 Å². The molecule has 1 aromatic heterocycles. The highest BCUT2D eigenvalue weighted by atomic mass is 79.9. The van der Waals surface area contributed by atoms with Gasteiger partial charge in [-0.3, -0.25) is 4.79 Å². The van der Waals surface area contributed by atoms with Gasteiger partial charge in [-0.05, 0) is 28.4 Å². The molecule has 0 spiro atoms. The lowest BCUT2D eigenvalue weighted by atomic mass is 9.80. The molecule has 0 bridgehead atoms. The molecule has 2 aliphatic rings. The number of ether oxygens (including phenoxy) is 1. The van der Waals surface area contributed by atoms with Crippen LogP contribution in [0.15, 0.2) is 16.7 Å². The zero-order chi connectivity index (χ0) is 11.1. The van der Waals surface area contributed by atoms with Crippen molar-refractivity contribution in [2.75, 3.05) is 18.5 Å². The lowest BCUT2D eigenvalue weighted by molar-refractivity contribution is -0.125. The lowest BCUT2D eigenvalue weighted by Gasteiger charge is -2.35. The van der Waals surface area contributed by atoms with Gasteiger partial charge < -0.3 is 10.1 Å². The van der Waals surface area contributed by atoms with Crippen LogP contribution in [0, 0.1) is 5.92 Å². The molecule has 5 heteroatoms. The summed E-state index contributed by atoms with van der Waals surface area (Å²) in [6.45, 7) is 1.24. The van der Waals surface area contributed by atoms with Gasteiger partial charge in [-0.1, -0.05) is 0 Å². The number of pyridine rings is 1. The van der Waals surface area contributed by atoms with Crippen molar-refractivity contribution in [3.63, 3.8) is 0 Å². The van der Waals surface area contributed by atoms with Crippen molar-refractivity contribution in [2.45, 2.75) is 12.3 Å². The number of amides is 1. The van der Waals surface area contributed by atoms with Gasteiger partial charge in [0.2, 0.25) is 5.91 Å². The predicted molar refractivity (Wildman–Crippen MR) is 62.2 cm³/mol. The van der Waals surface area contributed by atoms with Gasteiger partial charge in [0.1, 0.15) is 5.82 Å². The van der Waals surface area contributed by atoms with E-state index >= 15 is 0 Å². The highest BCUT2D eigenvalue weighted by Gasteiger charge is 2.38. The summed E-state index contributed by atoms with van der Waals surface area (Å²) in [4.78, 5) is 16.1. The summed E-state index contributed by atoms with van der Waals surface area (Å²) in [6.07, 6.45) is 2.60. The highest BCUT2D eigenvalue weighted by Crippen LogP contribution is 2.40. The van der Waals surface area contributed by atoms with E-state index < -0.39 is 0 Å². The average molecular weight is 283 g/mol. The van der Waals surface area contributed by atoms with Crippen molar-refractivity contribution >= 4 is 27.7 Å². The Morgan fingerprint density at radius 1 is 1.50 bits per heavy atom. The second-order valence-corrected chi connectivity index (χ2v) is 5.07. The summed E-state index contributed by atoms with van der Waals surface area (Å²) >= 11 is 3.42. The van der Waals surface area contributed by atoms with Crippen molar-refractivity contribution in [1.29, 1.82) is 0 Å². The maximum atomic E-state index is 11.8. The van der Waals surface area contributed by atoms with Gasteiger partial charge in [-0.2, -0.15) is 0 Å². The Morgan fingerprint density at radius 2 is 2.38 bits per heavy atom. The van der Waals surface area contributed by atoms with Crippen molar-refractivity contribution in [2.24, 2.45) is 5.92 Å². The first kappa shape index (κ1) is 10.2. The molecule has 2 aliphatic heterocycles. The quantitative estimate of drug-likeness (QED) is 0.791.